The Balaban J connectivity index is 1.69. The number of anilines is 1. The molecular formula is C21H24N4OS. The lowest BCUT2D eigenvalue weighted by molar-refractivity contribution is -0.123. The molecule has 1 aliphatic rings. The average Bonchev–Trinajstić information content (AvgIpc) is 3.15. The molecule has 1 N–H and O–H groups in total. The Bertz CT molecular complexity index is 918. The topological polar surface area (TPSA) is 58.1 Å². The van der Waals surface area contributed by atoms with Gasteiger partial charge in [0.25, 0.3) is 0 Å². The number of carbonyl (C=O) groups is 1. The molecule has 4 rings (SSSR count). The van der Waals surface area contributed by atoms with Crippen molar-refractivity contribution in [2.75, 3.05) is 18.0 Å². The molecule has 0 radical (unpaired) electrons. The third-order valence-electron chi connectivity index (χ3n) is 5.10. The molecule has 0 aliphatic carbocycles. The molecule has 0 bridgehead atoms. The maximum absolute atomic E-state index is 13.3. The zero-order valence-corrected chi connectivity index (χ0v) is 16.3. The quantitative estimate of drug-likeness (QED) is 0.732. The number of benzene rings is 1. The number of nitrogens with zero attached hydrogens (tertiary/aromatic N) is 3. The minimum absolute atomic E-state index is 0.0566. The molecule has 1 fully saturated rings. The van der Waals surface area contributed by atoms with Crippen LogP contribution in [0, 0.1) is 5.92 Å². The van der Waals surface area contributed by atoms with Gasteiger partial charge in [-0.05, 0) is 61.7 Å². The van der Waals surface area contributed by atoms with Crippen molar-refractivity contribution in [3.05, 3.63) is 53.9 Å². The molecule has 1 saturated heterocycles. The molecule has 0 atom stereocenters. The summed E-state index contributed by atoms with van der Waals surface area (Å²) >= 11 is 1.60. The average molecular weight is 381 g/mol. The van der Waals surface area contributed by atoms with E-state index in [0.717, 1.165) is 53.3 Å². The van der Waals surface area contributed by atoms with Gasteiger partial charge >= 0.3 is 0 Å². The molecule has 5 nitrogen and oxygen atoms in total. The van der Waals surface area contributed by atoms with Crippen molar-refractivity contribution in [3.8, 4) is 0 Å². The largest absolute Gasteiger partial charge is 0.317 e. The fourth-order valence-electron chi connectivity index (χ4n) is 3.50. The van der Waals surface area contributed by atoms with E-state index >= 15 is 0 Å². The predicted octanol–water partition coefficient (Wildman–Crippen LogP) is 3.79. The minimum Gasteiger partial charge on any atom is -0.317 e. The molecule has 27 heavy (non-hydrogen) atoms. The van der Waals surface area contributed by atoms with Crippen LogP contribution in [0.4, 0.5) is 5.13 Å². The molecule has 1 aromatic carbocycles. The molecule has 0 saturated carbocycles. The first kappa shape index (κ1) is 18.1. The number of piperidine rings is 1. The monoisotopic (exact) mass is 380 g/mol. The fourth-order valence-corrected chi connectivity index (χ4v) is 4.53. The Labute approximate surface area is 163 Å². The second-order valence-electron chi connectivity index (χ2n) is 6.96. The molecule has 1 aliphatic heterocycles. The number of aryl methyl sites for hydroxylation is 1. The van der Waals surface area contributed by atoms with Crippen LogP contribution in [0.2, 0.25) is 0 Å². The third kappa shape index (κ3) is 4.01. The van der Waals surface area contributed by atoms with Crippen LogP contribution in [-0.2, 0) is 17.8 Å². The minimum atomic E-state index is 0.0566. The van der Waals surface area contributed by atoms with Crippen LogP contribution in [0.5, 0.6) is 0 Å². The van der Waals surface area contributed by atoms with E-state index in [0.29, 0.717) is 6.54 Å². The summed E-state index contributed by atoms with van der Waals surface area (Å²) in [5.74, 6) is 0.233. The van der Waals surface area contributed by atoms with E-state index in [1.54, 1.807) is 17.5 Å². The summed E-state index contributed by atoms with van der Waals surface area (Å²) in [7, 11) is 0. The molecule has 1 amide bonds. The lowest BCUT2D eigenvalue weighted by Crippen LogP contribution is -2.40. The van der Waals surface area contributed by atoms with Crippen molar-refractivity contribution in [1.82, 2.24) is 15.3 Å². The van der Waals surface area contributed by atoms with E-state index in [4.69, 9.17) is 4.98 Å². The Morgan fingerprint density at radius 2 is 2.11 bits per heavy atom. The van der Waals surface area contributed by atoms with Gasteiger partial charge in [-0.1, -0.05) is 30.4 Å². The van der Waals surface area contributed by atoms with Crippen LogP contribution in [0.15, 0.2) is 42.7 Å². The van der Waals surface area contributed by atoms with Crippen molar-refractivity contribution in [2.24, 2.45) is 5.92 Å². The number of aromatic nitrogens is 2. The van der Waals surface area contributed by atoms with Crippen molar-refractivity contribution < 1.29 is 4.79 Å². The van der Waals surface area contributed by atoms with Gasteiger partial charge in [0.05, 0.1) is 16.8 Å². The summed E-state index contributed by atoms with van der Waals surface area (Å²) in [4.78, 5) is 24.2. The van der Waals surface area contributed by atoms with Gasteiger partial charge in [0.1, 0.15) is 0 Å². The smallest absolute Gasteiger partial charge is 0.232 e. The normalized spacial score (nSPS) is 15.1. The Morgan fingerprint density at radius 3 is 2.85 bits per heavy atom. The summed E-state index contributed by atoms with van der Waals surface area (Å²) in [6, 6.07) is 10.3. The number of hydrogen-bond donors (Lipinski definition) is 1. The van der Waals surface area contributed by atoms with Gasteiger partial charge in [0.2, 0.25) is 5.91 Å². The van der Waals surface area contributed by atoms with Crippen LogP contribution in [0.3, 0.4) is 0 Å². The first-order valence-electron chi connectivity index (χ1n) is 9.55. The van der Waals surface area contributed by atoms with Gasteiger partial charge in [0.15, 0.2) is 5.13 Å². The molecule has 0 spiro atoms. The van der Waals surface area contributed by atoms with E-state index in [-0.39, 0.29) is 11.8 Å². The van der Waals surface area contributed by atoms with E-state index in [9.17, 15) is 4.79 Å². The van der Waals surface area contributed by atoms with Crippen molar-refractivity contribution in [3.63, 3.8) is 0 Å². The van der Waals surface area contributed by atoms with E-state index in [1.165, 1.54) is 5.56 Å². The highest BCUT2D eigenvalue weighted by atomic mass is 32.1. The maximum atomic E-state index is 13.3. The van der Waals surface area contributed by atoms with Crippen LogP contribution in [0.1, 0.15) is 30.9 Å². The van der Waals surface area contributed by atoms with Crippen molar-refractivity contribution >= 4 is 32.6 Å². The summed E-state index contributed by atoms with van der Waals surface area (Å²) < 4.78 is 1.14. The van der Waals surface area contributed by atoms with Crippen LogP contribution < -0.4 is 10.2 Å². The summed E-state index contributed by atoms with van der Waals surface area (Å²) in [6.07, 6.45) is 6.34. The van der Waals surface area contributed by atoms with Crippen molar-refractivity contribution in [2.45, 2.75) is 32.7 Å². The number of nitrogens with one attached hydrogen (secondary N) is 1. The Kier molecular flexibility index (Phi) is 5.45. The standard InChI is InChI=1S/C21H24N4OS/c1-2-15-5-6-18-19(12-15)27-21(24-18)25(14-16-4-3-9-23-13-16)20(26)17-7-10-22-11-8-17/h3-6,9,12-13,17,22H,2,7-8,10-11,14H2,1H3. The zero-order chi connectivity index (χ0) is 18.6. The summed E-state index contributed by atoms with van der Waals surface area (Å²) in [6.45, 7) is 4.46. The van der Waals surface area contributed by atoms with Gasteiger partial charge < -0.3 is 5.32 Å². The van der Waals surface area contributed by atoms with Gasteiger partial charge in [-0.2, -0.15) is 0 Å². The molecule has 3 aromatic rings. The number of thiazole rings is 1. The van der Waals surface area contributed by atoms with Gasteiger partial charge in [0, 0.05) is 18.3 Å². The fraction of sp³-hybridized carbons (Fsp3) is 0.381. The van der Waals surface area contributed by atoms with E-state index in [2.05, 4.69) is 35.4 Å². The van der Waals surface area contributed by atoms with Crippen LogP contribution in [-0.4, -0.2) is 29.0 Å². The van der Waals surface area contributed by atoms with Crippen LogP contribution in [0.25, 0.3) is 10.2 Å². The van der Waals surface area contributed by atoms with E-state index < -0.39 is 0 Å². The molecule has 140 valence electrons. The van der Waals surface area contributed by atoms with Gasteiger partial charge in [-0.3, -0.25) is 14.7 Å². The molecule has 0 unspecified atom stereocenters. The summed E-state index contributed by atoms with van der Waals surface area (Å²) in [5, 5.41) is 4.12. The van der Waals surface area contributed by atoms with Gasteiger partial charge in [-0.25, -0.2) is 4.98 Å². The Morgan fingerprint density at radius 1 is 1.26 bits per heavy atom. The number of carbonyl (C=O) groups excluding carboxylic acids is 1. The highest BCUT2D eigenvalue weighted by Gasteiger charge is 2.29. The number of fused-ring (bicyclic) bond motifs is 1. The lowest BCUT2D eigenvalue weighted by atomic mass is 9.96. The number of pyridine rings is 1. The van der Waals surface area contributed by atoms with Gasteiger partial charge in [-0.15, -0.1) is 0 Å². The number of hydrogen-bond acceptors (Lipinski definition) is 5. The van der Waals surface area contributed by atoms with Crippen LogP contribution >= 0.6 is 11.3 Å². The first-order chi connectivity index (χ1) is 13.2. The first-order valence-corrected chi connectivity index (χ1v) is 10.4. The lowest BCUT2D eigenvalue weighted by Gasteiger charge is -2.28. The second-order valence-corrected chi connectivity index (χ2v) is 7.97. The maximum Gasteiger partial charge on any atom is 0.232 e. The number of amides is 1. The highest BCUT2D eigenvalue weighted by molar-refractivity contribution is 7.22. The molecular weight excluding hydrogens is 356 g/mol. The number of rotatable bonds is 5. The van der Waals surface area contributed by atoms with Crippen molar-refractivity contribution in [1.29, 1.82) is 0 Å². The highest BCUT2D eigenvalue weighted by Crippen LogP contribution is 2.32. The molecule has 2 aromatic heterocycles. The predicted molar refractivity (Wildman–Crippen MR) is 110 cm³/mol. The van der Waals surface area contributed by atoms with E-state index in [1.807, 2.05) is 23.2 Å². The summed E-state index contributed by atoms with van der Waals surface area (Å²) in [5.41, 5.74) is 3.27. The Hall–Kier alpha value is -2.31. The molecule has 6 heteroatoms. The zero-order valence-electron chi connectivity index (χ0n) is 15.5. The molecule has 3 heterocycles. The third-order valence-corrected chi connectivity index (χ3v) is 6.14. The second kappa shape index (κ2) is 8.15. The SMILES string of the molecule is CCc1ccc2nc(N(Cc3cccnc3)C(=O)C3CCNCC3)sc2c1.